The zero-order valence-corrected chi connectivity index (χ0v) is 16.9. The van der Waals surface area contributed by atoms with Gasteiger partial charge >= 0.3 is 11.9 Å². The summed E-state index contributed by atoms with van der Waals surface area (Å²) in [4.78, 5) is 23.5. The minimum Gasteiger partial charge on any atom is -0.466 e. The molecule has 0 aromatic heterocycles. The Morgan fingerprint density at radius 3 is 2.08 bits per heavy atom. The summed E-state index contributed by atoms with van der Waals surface area (Å²) in [6, 6.07) is 4.86. The number of hydrogen-bond donors (Lipinski definition) is 0. The number of esters is 2. The lowest BCUT2D eigenvalue weighted by molar-refractivity contribution is -0.144. The van der Waals surface area contributed by atoms with Crippen molar-refractivity contribution in [2.75, 3.05) is 6.61 Å². The van der Waals surface area contributed by atoms with Crippen LogP contribution in [0.25, 0.3) is 0 Å². The molecule has 0 aliphatic rings. The van der Waals surface area contributed by atoms with E-state index in [-0.39, 0.29) is 34.6 Å². The Balaban J connectivity index is 2.08. The third kappa shape index (κ3) is 10.0. The van der Waals surface area contributed by atoms with E-state index < -0.39 is 5.97 Å². The van der Waals surface area contributed by atoms with Crippen molar-refractivity contribution in [2.45, 2.75) is 71.1 Å². The highest BCUT2D eigenvalue weighted by Crippen LogP contribution is 2.32. The predicted molar refractivity (Wildman–Crippen MR) is 105 cm³/mol. The third-order valence-corrected chi connectivity index (χ3v) is 4.50. The molecule has 0 aliphatic heterocycles. The molecule has 1 rings (SSSR count). The molecule has 0 bridgehead atoms. The lowest BCUT2D eigenvalue weighted by Gasteiger charge is -2.08. The highest BCUT2D eigenvalue weighted by atomic mass is 35.5. The number of halogens is 2. The SMILES string of the molecule is CCCCCCCCCOC(=O)CCCC(=O)Oc1c(Cl)cccc1Cl. The summed E-state index contributed by atoms with van der Waals surface area (Å²) in [5, 5.41) is 0.555. The van der Waals surface area contributed by atoms with Gasteiger partial charge < -0.3 is 9.47 Å². The third-order valence-electron chi connectivity index (χ3n) is 3.91. The quantitative estimate of drug-likeness (QED) is 0.218. The zero-order valence-electron chi connectivity index (χ0n) is 15.4. The van der Waals surface area contributed by atoms with Crippen molar-refractivity contribution in [1.82, 2.24) is 0 Å². The molecule has 0 atom stereocenters. The van der Waals surface area contributed by atoms with Crippen molar-refractivity contribution >= 4 is 35.1 Å². The Morgan fingerprint density at radius 2 is 1.42 bits per heavy atom. The maximum atomic E-state index is 11.8. The van der Waals surface area contributed by atoms with E-state index in [1.54, 1.807) is 18.2 Å². The molecule has 0 N–H and O–H groups in total. The molecule has 6 heteroatoms. The second-order valence-electron chi connectivity index (χ2n) is 6.22. The van der Waals surface area contributed by atoms with Crippen molar-refractivity contribution in [3.05, 3.63) is 28.2 Å². The highest BCUT2D eigenvalue weighted by molar-refractivity contribution is 6.37. The summed E-state index contributed by atoms with van der Waals surface area (Å²) in [5.41, 5.74) is 0. The summed E-state index contributed by atoms with van der Waals surface area (Å²) in [5.74, 6) is -0.596. The minimum atomic E-state index is -0.472. The largest absolute Gasteiger partial charge is 0.466 e. The lowest BCUT2D eigenvalue weighted by Crippen LogP contribution is -2.11. The van der Waals surface area contributed by atoms with Crippen molar-refractivity contribution in [2.24, 2.45) is 0 Å². The molecule has 1 aromatic carbocycles. The van der Waals surface area contributed by atoms with Gasteiger partial charge in [0.25, 0.3) is 0 Å². The smallest absolute Gasteiger partial charge is 0.311 e. The topological polar surface area (TPSA) is 52.6 Å². The van der Waals surface area contributed by atoms with Crippen LogP contribution in [0.2, 0.25) is 10.0 Å². The van der Waals surface area contributed by atoms with Crippen LogP contribution in [0.1, 0.15) is 71.1 Å². The summed E-state index contributed by atoms with van der Waals surface area (Å²) in [7, 11) is 0. The molecule has 146 valence electrons. The van der Waals surface area contributed by atoms with Gasteiger partial charge in [-0.2, -0.15) is 0 Å². The van der Waals surface area contributed by atoms with Crippen molar-refractivity contribution in [1.29, 1.82) is 0 Å². The van der Waals surface area contributed by atoms with Crippen LogP contribution in [0.3, 0.4) is 0 Å². The van der Waals surface area contributed by atoms with Crippen LogP contribution in [-0.2, 0) is 14.3 Å². The van der Waals surface area contributed by atoms with Gasteiger partial charge in [-0.1, -0.05) is 74.7 Å². The molecular weight excluding hydrogens is 375 g/mol. The second kappa shape index (κ2) is 13.9. The Morgan fingerprint density at radius 1 is 0.846 bits per heavy atom. The first-order valence-electron chi connectivity index (χ1n) is 9.35. The van der Waals surface area contributed by atoms with Gasteiger partial charge in [0, 0.05) is 12.8 Å². The molecule has 0 spiro atoms. The van der Waals surface area contributed by atoms with Crippen LogP contribution in [-0.4, -0.2) is 18.5 Å². The van der Waals surface area contributed by atoms with Gasteiger partial charge in [-0.25, -0.2) is 0 Å². The van der Waals surface area contributed by atoms with Crippen LogP contribution in [0.15, 0.2) is 18.2 Å². The highest BCUT2D eigenvalue weighted by Gasteiger charge is 2.13. The van der Waals surface area contributed by atoms with Gasteiger partial charge in [-0.05, 0) is 25.0 Å². The average Bonchev–Trinajstić information content (AvgIpc) is 2.60. The Labute approximate surface area is 166 Å². The second-order valence-corrected chi connectivity index (χ2v) is 7.03. The number of rotatable bonds is 13. The van der Waals surface area contributed by atoms with Crippen molar-refractivity contribution in [3.8, 4) is 5.75 Å². The molecule has 0 fully saturated rings. The first-order valence-corrected chi connectivity index (χ1v) is 10.1. The fourth-order valence-electron chi connectivity index (χ4n) is 2.44. The molecule has 1 aromatic rings. The van der Waals surface area contributed by atoms with Gasteiger partial charge in [0.1, 0.15) is 0 Å². The normalized spacial score (nSPS) is 10.6. The van der Waals surface area contributed by atoms with Crippen LogP contribution in [0.5, 0.6) is 5.75 Å². The Kier molecular flexibility index (Phi) is 12.2. The first-order chi connectivity index (χ1) is 12.5. The van der Waals surface area contributed by atoms with E-state index in [4.69, 9.17) is 32.7 Å². The molecule has 26 heavy (non-hydrogen) atoms. The summed E-state index contributed by atoms with van der Waals surface area (Å²) < 4.78 is 10.3. The number of benzene rings is 1. The fraction of sp³-hybridized carbons (Fsp3) is 0.600. The van der Waals surface area contributed by atoms with Gasteiger partial charge in [0.05, 0.1) is 16.7 Å². The molecule has 0 saturated carbocycles. The van der Waals surface area contributed by atoms with Crippen molar-refractivity contribution in [3.63, 3.8) is 0 Å². The molecule has 4 nitrogen and oxygen atoms in total. The maximum absolute atomic E-state index is 11.8. The van der Waals surface area contributed by atoms with Crippen LogP contribution < -0.4 is 4.74 Å². The van der Waals surface area contributed by atoms with Crippen molar-refractivity contribution < 1.29 is 19.1 Å². The average molecular weight is 403 g/mol. The summed E-state index contributed by atoms with van der Waals surface area (Å²) in [6.07, 6.45) is 8.91. The standard InChI is InChI=1S/C20H28Cl2O4/c1-2-3-4-5-6-7-8-15-25-18(23)13-10-14-19(24)26-20-16(21)11-9-12-17(20)22/h9,11-12H,2-8,10,13-15H2,1H3. The Hall–Kier alpha value is -1.26. The van der Waals surface area contributed by atoms with Crippen LogP contribution in [0, 0.1) is 0 Å². The molecule has 0 heterocycles. The monoisotopic (exact) mass is 402 g/mol. The van der Waals surface area contributed by atoms with E-state index >= 15 is 0 Å². The van der Waals surface area contributed by atoms with Gasteiger partial charge in [0.2, 0.25) is 0 Å². The number of unbranched alkanes of at least 4 members (excludes halogenated alkanes) is 6. The lowest BCUT2D eigenvalue weighted by atomic mass is 10.1. The summed E-state index contributed by atoms with van der Waals surface area (Å²) >= 11 is 11.9. The van der Waals surface area contributed by atoms with Crippen LogP contribution in [0.4, 0.5) is 0 Å². The van der Waals surface area contributed by atoms with Gasteiger partial charge in [-0.15, -0.1) is 0 Å². The van der Waals surface area contributed by atoms with Gasteiger partial charge in [0.15, 0.2) is 5.75 Å². The fourth-order valence-corrected chi connectivity index (χ4v) is 2.91. The van der Waals surface area contributed by atoms with E-state index in [1.165, 1.54) is 32.1 Å². The molecule has 0 aliphatic carbocycles. The molecule has 0 radical (unpaired) electrons. The Bertz CT molecular complexity index is 540. The summed E-state index contributed by atoms with van der Waals surface area (Å²) in [6.45, 7) is 2.65. The van der Waals surface area contributed by atoms with E-state index in [1.807, 2.05) is 0 Å². The first kappa shape index (κ1) is 22.8. The minimum absolute atomic E-state index is 0.105. The molecule has 0 unspecified atom stereocenters. The number of ether oxygens (including phenoxy) is 2. The maximum Gasteiger partial charge on any atom is 0.311 e. The molecule has 0 saturated heterocycles. The van der Waals surface area contributed by atoms with E-state index in [0.29, 0.717) is 13.0 Å². The van der Waals surface area contributed by atoms with Gasteiger partial charge in [-0.3, -0.25) is 9.59 Å². The zero-order chi connectivity index (χ0) is 19.2. The van der Waals surface area contributed by atoms with E-state index in [0.717, 1.165) is 12.8 Å². The molecule has 0 amide bonds. The number of carbonyl (C=O) groups excluding carboxylic acids is 2. The number of para-hydroxylation sites is 1. The van der Waals surface area contributed by atoms with Crippen LogP contribution >= 0.6 is 23.2 Å². The number of hydrogen-bond acceptors (Lipinski definition) is 4. The van der Waals surface area contributed by atoms with E-state index in [9.17, 15) is 9.59 Å². The predicted octanol–water partition coefficient (Wildman–Crippen LogP) is 6.36. The van der Waals surface area contributed by atoms with E-state index in [2.05, 4.69) is 6.92 Å². The molecular formula is C20H28Cl2O4. The number of carbonyl (C=O) groups is 2.